The summed E-state index contributed by atoms with van der Waals surface area (Å²) in [7, 11) is 1.50. The summed E-state index contributed by atoms with van der Waals surface area (Å²) in [6.07, 6.45) is 9.35. The summed E-state index contributed by atoms with van der Waals surface area (Å²) in [5.74, 6) is 9.46. The molecule has 0 atom stereocenters. The normalized spacial score (nSPS) is 11.6. The average molecular weight is 495 g/mol. The van der Waals surface area contributed by atoms with Crippen molar-refractivity contribution in [3.63, 3.8) is 0 Å². The van der Waals surface area contributed by atoms with Crippen LogP contribution in [0.2, 0.25) is 0 Å². The number of hydrogen-bond donors (Lipinski definition) is 1. The minimum Gasteiger partial charge on any atom is -0.353 e. The molecule has 0 amide bonds. The van der Waals surface area contributed by atoms with Crippen molar-refractivity contribution in [2.75, 3.05) is 18.5 Å². The molecule has 0 bridgehead atoms. The molecule has 0 saturated carbocycles. The van der Waals surface area contributed by atoms with Crippen LogP contribution in [0.3, 0.4) is 0 Å². The number of hydrogen-bond acceptors (Lipinski definition) is 3. The summed E-state index contributed by atoms with van der Waals surface area (Å²) in [5.41, 5.74) is 13.7. The highest BCUT2D eigenvalue weighted by molar-refractivity contribution is 5.89. The van der Waals surface area contributed by atoms with E-state index in [1.54, 1.807) is 0 Å². The molecule has 4 heteroatoms. The molecule has 0 radical (unpaired) electrons. The molecular weight excluding hydrogens is 464 g/mol. The molecule has 0 fully saturated rings. The Balaban J connectivity index is 0.00000144. The molecule has 38 heavy (non-hydrogen) atoms. The van der Waals surface area contributed by atoms with Gasteiger partial charge in [-0.15, -0.1) is 6.42 Å². The van der Waals surface area contributed by atoms with E-state index < -0.39 is 0 Å². The van der Waals surface area contributed by atoms with Gasteiger partial charge in [0.1, 0.15) is 0 Å². The van der Waals surface area contributed by atoms with Crippen LogP contribution < -0.4 is 10.6 Å². The summed E-state index contributed by atoms with van der Waals surface area (Å²) in [4.78, 5) is 6.78. The van der Waals surface area contributed by atoms with Crippen LogP contribution in [0.5, 0.6) is 0 Å². The molecule has 4 aromatic carbocycles. The van der Waals surface area contributed by atoms with Crippen LogP contribution >= 0.6 is 0 Å². The molecule has 1 aromatic heterocycles. The Morgan fingerprint density at radius 3 is 2.53 bits per heavy atom. The Morgan fingerprint density at radius 2 is 1.74 bits per heavy atom. The van der Waals surface area contributed by atoms with Gasteiger partial charge in [-0.3, -0.25) is 0 Å². The molecule has 0 spiro atoms. The van der Waals surface area contributed by atoms with Gasteiger partial charge in [0.25, 0.3) is 0 Å². The number of fused-ring (bicyclic) bond motifs is 2. The molecule has 2 heterocycles. The van der Waals surface area contributed by atoms with Crippen LogP contribution in [0.15, 0.2) is 91.4 Å². The van der Waals surface area contributed by atoms with Gasteiger partial charge in [0.2, 0.25) is 0 Å². The highest BCUT2D eigenvalue weighted by Crippen LogP contribution is 2.35. The first-order chi connectivity index (χ1) is 18.7. The van der Waals surface area contributed by atoms with E-state index in [0.717, 1.165) is 29.9 Å². The zero-order chi connectivity index (χ0) is 26.5. The van der Waals surface area contributed by atoms with Crippen molar-refractivity contribution in [1.82, 2.24) is 9.55 Å². The maximum Gasteiger partial charge on any atom is 0.0951 e. The Hall–Kier alpha value is -4.77. The molecular formula is C34H30N4. The van der Waals surface area contributed by atoms with E-state index in [2.05, 4.69) is 112 Å². The van der Waals surface area contributed by atoms with E-state index in [1.165, 1.54) is 45.8 Å². The van der Waals surface area contributed by atoms with Gasteiger partial charge in [0.05, 0.1) is 36.4 Å². The third-order valence-corrected chi connectivity index (χ3v) is 6.95. The highest BCUT2D eigenvalue weighted by Gasteiger charge is 2.19. The van der Waals surface area contributed by atoms with E-state index in [4.69, 9.17) is 6.42 Å². The second kappa shape index (κ2) is 11.1. The van der Waals surface area contributed by atoms with Crippen molar-refractivity contribution in [1.29, 1.82) is 0 Å². The molecule has 0 aliphatic carbocycles. The van der Waals surface area contributed by atoms with Crippen molar-refractivity contribution >= 4 is 16.5 Å². The molecule has 1 aliphatic heterocycles. The first-order valence-electron chi connectivity index (χ1n) is 12.7. The number of nitrogens with two attached hydrogens (primary N) is 1. The molecule has 4 nitrogen and oxygen atoms in total. The first kappa shape index (κ1) is 24.9. The van der Waals surface area contributed by atoms with Gasteiger partial charge in [0.15, 0.2) is 0 Å². The Bertz CT molecular complexity index is 1690. The number of rotatable bonds is 5. The second-order valence-corrected chi connectivity index (χ2v) is 9.21. The number of anilines is 1. The number of benzene rings is 4. The fraction of sp³-hybridized carbons (Fsp3) is 0.147. The molecule has 5 aromatic rings. The van der Waals surface area contributed by atoms with Crippen LogP contribution in [-0.2, 0) is 13.1 Å². The summed E-state index contributed by atoms with van der Waals surface area (Å²) in [6.45, 7) is 4.39. The predicted octanol–water partition coefficient (Wildman–Crippen LogP) is 5.99. The Labute approximate surface area is 224 Å². The van der Waals surface area contributed by atoms with Gasteiger partial charge in [-0.05, 0) is 71.3 Å². The summed E-state index contributed by atoms with van der Waals surface area (Å²) >= 11 is 0. The van der Waals surface area contributed by atoms with Crippen LogP contribution in [0, 0.1) is 31.1 Å². The fourth-order valence-corrected chi connectivity index (χ4v) is 4.96. The minimum absolute atomic E-state index is 0.698. The van der Waals surface area contributed by atoms with Gasteiger partial charge in [-0.1, -0.05) is 72.4 Å². The zero-order valence-corrected chi connectivity index (χ0v) is 21.8. The summed E-state index contributed by atoms with van der Waals surface area (Å²) in [5, 5.41) is 2.51. The van der Waals surface area contributed by atoms with Gasteiger partial charge in [0, 0.05) is 18.3 Å². The predicted molar refractivity (Wildman–Crippen MR) is 158 cm³/mol. The topological polar surface area (TPSA) is 47.1 Å². The van der Waals surface area contributed by atoms with Crippen molar-refractivity contribution in [2.45, 2.75) is 20.0 Å². The second-order valence-electron chi connectivity index (χ2n) is 9.21. The van der Waals surface area contributed by atoms with Gasteiger partial charge >= 0.3 is 0 Å². The zero-order valence-electron chi connectivity index (χ0n) is 21.8. The van der Waals surface area contributed by atoms with E-state index in [0.29, 0.717) is 6.54 Å². The molecule has 1 aliphatic rings. The first-order valence-corrected chi connectivity index (χ1v) is 12.7. The lowest BCUT2D eigenvalue weighted by atomic mass is 9.92. The van der Waals surface area contributed by atoms with Crippen molar-refractivity contribution in [2.24, 2.45) is 5.73 Å². The van der Waals surface area contributed by atoms with E-state index in [-0.39, 0.29) is 0 Å². The summed E-state index contributed by atoms with van der Waals surface area (Å²) < 4.78 is 2.20. The van der Waals surface area contributed by atoms with Crippen molar-refractivity contribution < 1.29 is 0 Å². The lowest BCUT2D eigenvalue weighted by molar-refractivity contribution is 0.716. The number of terminal acetylenes is 1. The molecule has 2 N–H and O–H groups in total. The van der Waals surface area contributed by atoms with Crippen molar-refractivity contribution in [3.8, 4) is 35.3 Å². The number of imidazole rings is 1. The smallest absolute Gasteiger partial charge is 0.0951 e. The molecule has 6 rings (SSSR count). The SMILES string of the molecule is C#Cc1ccc(Cn2cncc2CN2CC#Cc3c2ccc(-c2ccc4ccccc4c2)c3C)cc1.CN. The quantitative estimate of drug-likeness (QED) is 0.306. The van der Waals surface area contributed by atoms with Crippen LogP contribution in [0.25, 0.3) is 21.9 Å². The molecule has 0 unspecified atom stereocenters. The maximum atomic E-state index is 5.50. The lowest BCUT2D eigenvalue weighted by Gasteiger charge is -2.28. The van der Waals surface area contributed by atoms with Crippen LogP contribution in [-0.4, -0.2) is 23.1 Å². The lowest BCUT2D eigenvalue weighted by Crippen LogP contribution is -2.27. The average Bonchev–Trinajstić information content (AvgIpc) is 3.41. The van der Waals surface area contributed by atoms with Gasteiger partial charge < -0.3 is 15.2 Å². The number of nitrogens with zero attached hydrogens (tertiary/aromatic N) is 3. The highest BCUT2D eigenvalue weighted by atomic mass is 15.2. The minimum atomic E-state index is 0.698. The standard InChI is InChI=1S/C33H25N3.CH5N/c1-3-25-10-12-26(13-11-25)21-36-23-34-20-30(36)22-35-18-6-9-32-24(2)31(16-17-33(32)35)29-15-14-27-7-4-5-8-28(27)19-29;1-2/h1,4-5,7-8,10-17,19-20,23H,18,21-22H2,2H3;2H2,1H3. The van der Waals surface area contributed by atoms with Crippen LogP contribution in [0.4, 0.5) is 5.69 Å². The van der Waals surface area contributed by atoms with Crippen LogP contribution in [0.1, 0.15) is 27.9 Å². The van der Waals surface area contributed by atoms with Gasteiger partial charge in [-0.2, -0.15) is 0 Å². The third kappa shape index (κ3) is 4.91. The molecule has 0 saturated heterocycles. The number of aromatic nitrogens is 2. The Kier molecular flexibility index (Phi) is 7.27. The van der Waals surface area contributed by atoms with E-state index in [9.17, 15) is 0 Å². The maximum absolute atomic E-state index is 5.50. The molecule has 186 valence electrons. The van der Waals surface area contributed by atoms with E-state index in [1.807, 2.05) is 24.7 Å². The van der Waals surface area contributed by atoms with Crippen molar-refractivity contribution in [3.05, 3.63) is 119 Å². The largest absolute Gasteiger partial charge is 0.353 e. The summed E-state index contributed by atoms with van der Waals surface area (Å²) in [6, 6.07) is 27.8. The van der Waals surface area contributed by atoms with Gasteiger partial charge in [-0.25, -0.2) is 4.98 Å². The fourth-order valence-electron chi connectivity index (χ4n) is 4.96. The van der Waals surface area contributed by atoms with E-state index >= 15 is 0 Å². The Morgan fingerprint density at radius 1 is 0.947 bits per heavy atom. The third-order valence-electron chi connectivity index (χ3n) is 6.95. The monoisotopic (exact) mass is 494 g/mol.